The first-order valence-electron chi connectivity index (χ1n) is 12.7. The summed E-state index contributed by atoms with van der Waals surface area (Å²) >= 11 is 18.9. The van der Waals surface area contributed by atoms with E-state index < -0.39 is 28.5 Å². The molecule has 0 saturated carbocycles. The first-order valence-corrected chi connectivity index (χ1v) is 15.3. The monoisotopic (exact) mass is 623 g/mol. The highest BCUT2D eigenvalue weighted by Gasteiger charge is 2.34. The number of nitrogens with one attached hydrogen (secondary N) is 1. The molecule has 0 bridgehead atoms. The van der Waals surface area contributed by atoms with Crippen LogP contribution < -0.4 is 9.62 Å². The first kappa shape index (κ1) is 31.7. The van der Waals surface area contributed by atoms with Crippen molar-refractivity contribution < 1.29 is 18.0 Å². The Morgan fingerprint density at radius 3 is 2.17 bits per heavy atom. The number of aryl methyl sites for hydroxylation is 1. The van der Waals surface area contributed by atoms with Crippen molar-refractivity contribution in [3.05, 3.63) is 92.9 Å². The SMILES string of the molecule is CC[C@@H](C(=O)NC(C)C)N(Cc1ccc(Cl)cc1Cl)C(=O)CN(c1ccc(C)c(Cl)c1)S(=O)(=O)c1ccccc1. The van der Waals surface area contributed by atoms with Crippen LogP contribution in [0.1, 0.15) is 38.3 Å². The van der Waals surface area contributed by atoms with Crippen LogP contribution in [0.2, 0.25) is 15.1 Å². The van der Waals surface area contributed by atoms with Crippen LogP contribution in [0.3, 0.4) is 0 Å². The third kappa shape index (κ3) is 7.69. The number of anilines is 1. The highest BCUT2D eigenvalue weighted by molar-refractivity contribution is 7.92. The van der Waals surface area contributed by atoms with Crippen LogP contribution in [0.15, 0.2) is 71.6 Å². The summed E-state index contributed by atoms with van der Waals surface area (Å²) in [5.74, 6) is -0.945. The molecular formula is C29H32Cl3N3O4S. The summed E-state index contributed by atoms with van der Waals surface area (Å²) in [6.07, 6.45) is 0.289. The molecule has 7 nitrogen and oxygen atoms in total. The largest absolute Gasteiger partial charge is 0.352 e. The molecule has 0 aliphatic rings. The number of rotatable bonds is 11. The van der Waals surface area contributed by atoms with Crippen LogP contribution in [0, 0.1) is 6.92 Å². The summed E-state index contributed by atoms with van der Waals surface area (Å²) in [4.78, 5) is 28.6. The molecule has 0 aliphatic heterocycles. The lowest BCUT2D eigenvalue weighted by molar-refractivity contribution is -0.140. The normalized spacial score (nSPS) is 12.2. The maximum atomic E-state index is 14.1. The Bertz CT molecular complexity index is 1470. The topological polar surface area (TPSA) is 86.8 Å². The number of hydrogen-bond acceptors (Lipinski definition) is 4. The minimum atomic E-state index is -4.19. The van der Waals surface area contributed by atoms with Crippen molar-refractivity contribution in [2.45, 2.75) is 57.6 Å². The van der Waals surface area contributed by atoms with E-state index in [0.717, 1.165) is 9.87 Å². The summed E-state index contributed by atoms with van der Waals surface area (Å²) in [5, 5.41) is 3.96. The second-order valence-corrected chi connectivity index (χ2v) is 12.7. The van der Waals surface area contributed by atoms with E-state index in [1.165, 1.54) is 23.1 Å². The molecule has 3 rings (SSSR count). The van der Waals surface area contributed by atoms with Crippen molar-refractivity contribution >= 4 is 62.3 Å². The van der Waals surface area contributed by atoms with Gasteiger partial charge in [0.25, 0.3) is 10.0 Å². The third-order valence-corrected chi connectivity index (χ3v) is 9.01. The maximum absolute atomic E-state index is 14.1. The molecule has 0 fully saturated rings. The quantitative estimate of drug-likeness (QED) is 0.265. The molecule has 2 amide bonds. The van der Waals surface area contributed by atoms with E-state index in [2.05, 4.69) is 5.32 Å². The predicted octanol–water partition coefficient (Wildman–Crippen LogP) is 6.48. The van der Waals surface area contributed by atoms with Gasteiger partial charge in [-0.2, -0.15) is 0 Å². The molecule has 40 heavy (non-hydrogen) atoms. The van der Waals surface area contributed by atoms with Crippen LogP contribution >= 0.6 is 34.8 Å². The van der Waals surface area contributed by atoms with Gasteiger partial charge in [0.2, 0.25) is 11.8 Å². The highest BCUT2D eigenvalue weighted by Crippen LogP contribution is 2.29. The molecule has 0 spiro atoms. The zero-order valence-corrected chi connectivity index (χ0v) is 25.8. The van der Waals surface area contributed by atoms with E-state index >= 15 is 0 Å². The van der Waals surface area contributed by atoms with Gasteiger partial charge >= 0.3 is 0 Å². The minimum absolute atomic E-state index is 0.0105. The van der Waals surface area contributed by atoms with Gasteiger partial charge < -0.3 is 10.2 Å². The fourth-order valence-electron chi connectivity index (χ4n) is 4.12. The molecule has 1 N–H and O–H groups in total. The van der Waals surface area contributed by atoms with Crippen molar-refractivity contribution in [3.8, 4) is 0 Å². The van der Waals surface area contributed by atoms with Crippen LogP contribution in [0.25, 0.3) is 0 Å². The van der Waals surface area contributed by atoms with Crippen molar-refractivity contribution in [2.24, 2.45) is 0 Å². The summed E-state index contributed by atoms with van der Waals surface area (Å²) < 4.78 is 28.7. The fraction of sp³-hybridized carbons (Fsp3) is 0.310. The second kappa shape index (κ2) is 13.7. The molecule has 0 aromatic heterocycles. The summed E-state index contributed by atoms with van der Waals surface area (Å²) in [6.45, 7) is 6.61. The van der Waals surface area contributed by atoms with Crippen LogP contribution in [0.5, 0.6) is 0 Å². The molecule has 0 unspecified atom stereocenters. The maximum Gasteiger partial charge on any atom is 0.264 e. The number of halogens is 3. The molecule has 0 heterocycles. The molecule has 214 valence electrons. The van der Waals surface area contributed by atoms with Crippen molar-refractivity contribution in [1.82, 2.24) is 10.2 Å². The van der Waals surface area contributed by atoms with Gasteiger partial charge in [0.05, 0.1) is 10.6 Å². The standard InChI is InChI=1S/C29H32Cl3N3O4S/c1-5-27(29(37)33-19(2)3)34(17-21-12-13-22(30)15-26(21)32)28(36)18-35(23-14-11-20(4)25(31)16-23)40(38,39)24-9-7-6-8-10-24/h6-16,19,27H,5,17-18H2,1-4H3,(H,33,37)/t27-/m0/s1. The number of carbonyl (C=O) groups excluding carboxylic acids is 2. The van der Waals surface area contributed by atoms with Gasteiger partial charge in [-0.25, -0.2) is 8.42 Å². The number of benzene rings is 3. The zero-order chi connectivity index (χ0) is 29.6. The summed E-state index contributed by atoms with van der Waals surface area (Å²) in [6, 6.07) is 16.4. The Labute approximate surface area is 251 Å². The lowest BCUT2D eigenvalue weighted by atomic mass is 10.1. The van der Waals surface area contributed by atoms with Gasteiger partial charge in [-0.3, -0.25) is 13.9 Å². The molecule has 3 aromatic rings. The molecule has 0 radical (unpaired) electrons. The van der Waals surface area contributed by atoms with Crippen LogP contribution in [0.4, 0.5) is 5.69 Å². The number of sulfonamides is 1. The Kier molecular flexibility index (Phi) is 10.9. The third-order valence-electron chi connectivity index (χ3n) is 6.23. The number of nitrogens with zero attached hydrogens (tertiary/aromatic N) is 2. The molecular weight excluding hydrogens is 593 g/mol. The van der Waals surface area contributed by atoms with E-state index in [1.807, 2.05) is 13.8 Å². The van der Waals surface area contributed by atoms with Crippen molar-refractivity contribution in [3.63, 3.8) is 0 Å². The smallest absolute Gasteiger partial charge is 0.264 e. The van der Waals surface area contributed by atoms with E-state index in [0.29, 0.717) is 20.6 Å². The van der Waals surface area contributed by atoms with Gasteiger partial charge in [-0.05, 0) is 74.7 Å². The average molecular weight is 625 g/mol. The van der Waals surface area contributed by atoms with Gasteiger partial charge in [-0.1, -0.05) is 72.1 Å². The number of hydrogen-bond donors (Lipinski definition) is 1. The van der Waals surface area contributed by atoms with Gasteiger partial charge in [-0.15, -0.1) is 0 Å². The summed E-state index contributed by atoms with van der Waals surface area (Å²) in [7, 11) is -4.19. The highest BCUT2D eigenvalue weighted by atomic mass is 35.5. The lowest BCUT2D eigenvalue weighted by Crippen LogP contribution is -2.53. The Balaban J connectivity index is 2.10. The number of amides is 2. The van der Waals surface area contributed by atoms with Gasteiger partial charge in [0, 0.05) is 27.7 Å². The average Bonchev–Trinajstić information content (AvgIpc) is 2.90. The lowest BCUT2D eigenvalue weighted by Gasteiger charge is -2.33. The van der Waals surface area contributed by atoms with Crippen LogP contribution in [-0.4, -0.2) is 43.8 Å². The molecule has 3 aromatic carbocycles. The van der Waals surface area contributed by atoms with Crippen LogP contribution in [-0.2, 0) is 26.2 Å². The molecule has 11 heteroatoms. The predicted molar refractivity (Wildman–Crippen MR) is 162 cm³/mol. The van der Waals surface area contributed by atoms with E-state index in [9.17, 15) is 18.0 Å². The molecule has 0 aliphatic carbocycles. The molecule has 0 saturated heterocycles. The van der Waals surface area contributed by atoms with Gasteiger partial charge in [0.15, 0.2) is 0 Å². The van der Waals surface area contributed by atoms with Crippen molar-refractivity contribution in [2.75, 3.05) is 10.8 Å². The summed E-state index contributed by atoms with van der Waals surface area (Å²) in [5.41, 5.74) is 1.53. The van der Waals surface area contributed by atoms with E-state index in [1.54, 1.807) is 62.4 Å². The second-order valence-electron chi connectivity index (χ2n) is 9.60. The first-order chi connectivity index (χ1) is 18.8. The van der Waals surface area contributed by atoms with Gasteiger partial charge in [0.1, 0.15) is 12.6 Å². The minimum Gasteiger partial charge on any atom is -0.352 e. The molecule has 1 atom stereocenters. The Hall–Kier alpha value is -2.78. The zero-order valence-electron chi connectivity index (χ0n) is 22.7. The Morgan fingerprint density at radius 2 is 1.60 bits per heavy atom. The van der Waals surface area contributed by atoms with E-state index in [-0.39, 0.29) is 35.5 Å². The van der Waals surface area contributed by atoms with E-state index in [4.69, 9.17) is 34.8 Å². The number of carbonyl (C=O) groups is 2. The Morgan fingerprint density at radius 1 is 0.925 bits per heavy atom. The fourth-order valence-corrected chi connectivity index (χ4v) is 6.19. The van der Waals surface area contributed by atoms with Crippen molar-refractivity contribution in [1.29, 1.82) is 0 Å².